The summed E-state index contributed by atoms with van der Waals surface area (Å²) >= 11 is 0. The standard InChI is InChI=1S/C11H25NO2S/c1-10(2,3)8-7-9(12)11(4,5)15(6,13)14/h9H,7-8,12H2,1-6H3. The van der Waals surface area contributed by atoms with Crippen molar-refractivity contribution in [2.24, 2.45) is 11.1 Å². The molecule has 0 aromatic heterocycles. The van der Waals surface area contributed by atoms with E-state index in [9.17, 15) is 8.42 Å². The van der Waals surface area contributed by atoms with Crippen molar-refractivity contribution in [2.75, 3.05) is 6.26 Å². The van der Waals surface area contributed by atoms with E-state index in [1.54, 1.807) is 13.8 Å². The van der Waals surface area contributed by atoms with Crippen LogP contribution in [0.2, 0.25) is 0 Å². The minimum Gasteiger partial charge on any atom is -0.326 e. The number of sulfone groups is 1. The molecular formula is C11H25NO2S. The van der Waals surface area contributed by atoms with E-state index in [0.29, 0.717) is 0 Å². The normalized spacial score (nSPS) is 16.5. The van der Waals surface area contributed by atoms with E-state index in [2.05, 4.69) is 20.8 Å². The van der Waals surface area contributed by atoms with Gasteiger partial charge in [0.25, 0.3) is 0 Å². The summed E-state index contributed by atoms with van der Waals surface area (Å²) in [6, 6.07) is -0.299. The summed E-state index contributed by atoms with van der Waals surface area (Å²) in [5.41, 5.74) is 6.17. The molecule has 0 aliphatic heterocycles. The summed E-state index contributed by atoms with van der Waals surface area (Å²) in [5, 5.41) is 0. The van der Waals surface area contributed by atoms with Gasteiger partial charge < -0.3 is 5.73 Å². The zero-order chi connectivity index (χ0) is 12.5. The van der Waals surface area contributed by atoms with Crippen LogP contribution in [-0.4, -0.2) is 25.5 Å². The topological polar surface area (TPSA) is 60.2 Å². The Bertz CT molecular complexity index is 299. The second-order valence-electron chi connectivity index (χ2n) is 6.08. The first kappa shape index (κ1) is 14.9. The molecule has 0 bridgehead atoms. The largest absolute Gasteiger partial charge is 0.326 e. The summed E-state index contributed by atoms with van der Waals surface area (Å²) in [6.07, 6.45) is 2.93. The van der Waals surface area contributed by atoms with Crippen LogP contribution in [-0.2, 0) is 9.84 Å². The van der Waals surface area contributed by atoms with E-state index in [-0.39, 0.29) is 11.5 Å². The van der Waals surface area contributed by atoms with Crippen molar-refractivity contribution in [3.63, 3.8) is 0 Å². The van der Waals surface area contributed by atoms with E-state index in [0.717, 1.165) is 12.8 Å². The van der Waals surface area contributed by atoms with Crippen LogP contribution in [0.1, 0.15) is 47.5 Å². The lowest BCUT2D eigenvalue weighted by molar-refractivity contribution is 0.330. The highest BCUT2D eigenvalue weighted by atomic mass is 32.2. The Balaban J connectivity index is 4.54. The Morgan fingerprint density at radius 2 is 1.53 bits per heavy atom. The Hall–Kier alpha value is -0.0900. The van der Waals surface area contributed by atoms with Gasteiger partial charge in [-0.25, -0.2) is 8.42 Å². The molecule has 92 valence electrons. The number of hydrogen-bond donors (Lipinski definition) is 1. The third-order valence-electron chi connectivity index (χ3n) is 3.05. The monoisotopic (exact) mass is 235 g/mol. The molecule has 0 aliphatic carbocycles. The molecule has 0 fully saturated rings. The van der Waals surface area contributed by atoms with Crippen molar-refractivity contribution in [3.05, 3.63) is 0 Å². The van der Waals surface area contributed by atoms with Crippen LogP contribution >= 0.6 is 0 Å². The maximum Gasteiger partial charge on any atom is 0.154 e. The smallest absolute Gasteiger partial charge is 0.154 e. The van der Waals surface area contributed by atoms with Gasteiger partial charge in [-0.3, -0.25) is 0 Å². The Kier molecular flexibility index (Phi) is 4.39. The van der Waals surface area contributed by atoms with Crippen molar-refractivity contribution in [1.82, 2.24) is 0 Å². The van der Waals surface area contributed by atoms with Crippen molar-refractivity contribution in [1.29, 1.82) is 0 Å². The molecule has 0 aromatic carbocycles. The first-order chi connectivity index (χ1) is 6.38. The van der Waals surface area contributed by atoms with Gasteiger partial charge in [0.1, 0.15) is 0 Å². The van der Waals surface area contributed by atoms with Crippen LogP contribution in [0.5, 0.6) is 0 Å². The summed E-state index contributed by atoms with van der Waals surface area (Å²) in [4.78, 5) is 0. The fourth-order valence-electron chi connectivity index (χ4n) is 1.21. The molecule has 0 saturated heterocycles. The lowest BCUT2D eigenvalue weighted by Gasteiger charge is -2.31. The third kappa shape index (κ3) is 4.51. The minimum atomic E-state index is -3.09. The highest BCUT2D eigenvalue weighted by Crippen LogP contribution is 2.27. The van der Waals surface area contributed by atoms with Gasteiger partial charge in [0.15, 0.2) is 9.84 Å². The fourth-order valence-corrected chi connectivity index (χ4v) is 1.88. The predicted molar refractivity (Wildman–Crippen MR) is 65.6 cm³/mol. The zero-order valence-electron chi connectivity index (χ0n) is 10.8. The molecule has 1 unspecified atom stereocenters. The van der Waals surface area contributed by atoms with Gasteiger partial charge in [0.05, 0.1) is 4.75 Å². The van der Waals surface area contributed by atoms with E-state index in [4.69, 9.17) is 5.73 Å². The van der Waals surface area contributed by atoms with Crippen LogP contribution in [0.3, 0.4) is 0 Å². The van der Waals surface area contributed by atoms with Gasteiger partial charge in [-0.1, -0.05) is 20.8 Å². The quantitative estimate of drug-likeness (QED) is 0.810. The average molecular weight is 235 g/mol. The van der Waals surface area contributed by atoms with Crippen LogP contribution in [0, 0.1) is 5.41 Å². The number of nitrogens with two attached hydrogens (primary N) is 1. The van der Waals surface area contributed by atoms with Crippen molar-refractivity contribution in [2.45, 2.75) is 58.2 Å². The van der Waals surface area contributed by atoms with Gasteiger partial charge >= 0.3 is 0 Å². The molecule has 0 heterocycles. The van der Waals surface area contributed by atoms with Crippen molar-refractivity contribution >= 4 is 9.84 Å². The first-order valence-corrected chi connectivity index (χ1v) is 7.22. The van der Waals surface area contributed by atoms with Crippen molar-refractivity contribution < 1.29 is 8.42 Å². The molecule has 0 radical (unpaired) electrons. The maximum atomic E-state index is 11.5. The first-order valence-electron chi connectivity index (χ1n) is 5.33. The lowest BCUT2D eigenvalue weighted by Crippen LogP contribution is -2.49. The van der Waals surface area contributed by atoms with Gasteiger partial charge in [-0.2, -0.15) is 0 Å². The molecule has 4 heteroatoms. The van der Waals surface area contributed by atoms with Gasteiger partial charge in [0, 0.05) is 12.3 Å². The van der Waals surface area contributed by atoms with Gasteiger partial charge in [0.2, 0.25) is 0 Å². The molecular weight excluding hydrogens is 210 g/mol. The van der Waals surface area contributed by atoms with E-state index < -0.39 is 14.6 Å². The van der Waals surface area contributed by atoms with E-state index in [1.807, 2.05) is 0 Å². The van der Waals surface area contributed by atoms with Gasteiger partial charge in [-0.05, 0) is 32.1 Å². The molecule has 1 atom stereocenters. The Morgan fingerprint density at radius 1 is 1.13 bits per heavy atom. The van der Waals surface area contributed by atoms with Gasteiger partial charge in [-0.15, -0.1) is 0 Å². The molecule has 0 aromatic rings. The summed E-state index contributed by atoms with van der Waals surface area (Å²) in [6.45, 7) is 9.80. The van der Waals surface area contributed by atoms with Crippen LogP contribution in [0.4, 0.5) is 0 Å². The highest BCUT2D eigenvalue weighted by Gasteiger charge is 2.36. The zero-order valence-corrected chi connectivity index (χ0v) is 11.6. The molecule has 3 nitrogen and oxygen atoms in total. The molecule has 0 spiro atoms. The maximum absolute atomic E-state index is 11.5. The molecule has 0 rings (SSSR count). The molecule has 0 saturated carbocycles. The number of hydrogen-bond acceptors (Lipinski definition) is 3. The second-order valence-corrected chi connectivity index (χ2v) is 8.68. The second kappa shape index (κ2) is 4.42. The fraction of sp³-hybridized carbons (Fsp3) is 1.00. The van der Waals surface area contributed by atoms with Crippen molar-refractivity contribution in [3.8, 4) is 0 Å². The average Bonchev–Trinajstić information content (AvgIpc) is 1.96. The predicted octanol–water partition coefficient (Wildman–Crippen LogP) is 1.96. The Morgan fingerprint density at radius 3 is 1.80 bits per heavy atom. The third-order valence-corrected chi connectivity index (χ3v) is 5.27. The molecule has 0 amide bonds. The number of rotatable bonds is 4. The summed E-state index contributed by atoms with van der Waals surface area (Å²) < 4.78 is 22.2. The molecule has 0 aliphatic rings. The van der Waals surface area contributed by atoms with Crippen LogP contribution in [0.25, 0.3) is 0 Å². The minimum absolute atomic E-state index is 0.200. The Labute approximate surface area is 94.4 Å². The van der Waals surface area contributed by atoms with E-state index in [1.165, 1.54) is 6.26 Å². The lowest BCUT2D eigenvalue weighted by atomic mass is 9.86. The SMILES string of the molecule is CC(C)(C)CCC(N)C(C)(C)S(C)(=O)=O. The van der Waals surface area contributed by atoms with Crippen LogP contribution < -0.4 is 5.73 Å². The van der Waals surface area contributed by atoms with Crippen LogP contribution in [0.15, 0.2) is 0 Å². The summed E-state index contributed by atoms with van der Waals surface area (Å²) in [5.74, 6) is 0. The van der Waals surface area contributed by atoms with E-state index >= 15 is 0 Å². The molecule has 2 N–H and O–H groups in total. The summed E-state index contributed by atoms with van der Waals surface area (Å²) in [7, 11) is -3.09. The highest BCUT2D eigenvalue weighted by molar-refractivity contribution is 7.92. The molecule has 15 heavy (non-hydrogen) atoms.